The normalized spacial score (nSPS) is 32.9. The van der Waals surface area contributed by atoms with E-state index in [1.54, 1.807) is 16.8 Å². The van der Waals surface area contributed by atoms with Crippen LogP contribution in [-0.4, -0.2) is 83.2 Å². The van der Waals surface area contributed by atoms with Gasteiger partial charge in [0.1, 0.15) is 11.6 Å². The van der Waals surface area contributed by atoms with Gasteiger partial charge in [-0.1, -0.05) is 49.4 Å². The van der Waals surface area contributed by atoms with Crippen molar-refractivity contribution in [2.75, 3.05) is 31.6 Å². The fraction of sp³-hybridized carbons (Fsp3) is 0.519. The van der Waals surface area contributed by atoms with Crippen LogP contribution >= 0.6 is 0 Å². The third kappa shape index (κ3) is 3.30. The summed E-state index contributed by atoms with van der Waals surface area (Å²) in [6.07, 6.45) is 7.34. The highest BCUT2D eigenvalue weighted by atomic mass is 16.5. The van der Waals surface area contributed by atoms with E-state index in [0.29, 0.717) is 19.5 Å². The summed E-state index contributed by atoms with van der Waals surface area (Å²) in [4.78, 5) is 46.7. The third-order valence-electron chi connectivity index (χ3n) is 8.08. The molecule has 1 unspecified atom stereocenters. The van der Waals surface area contributed by atoms with E-state index in [-0.39, 0.29) is 24.3 Å². The van der Waals surface area contributed by atoms with Gasteiger partial charge < -0.3 is 24.5 Å². The zero-order chi connectivity index (χ0) is 25.1. The molecule has 4 aliphatic rings. The van der Waals surface area contributed by atoms with Gasteiger partial charge in [-0.2, -0.15) is 0 Å². The highest BCUT2D eigenvalue weighted by Crippen LogP contribution is 2.54. The zero-order valence-electron chi connectivity index (χ0n) is 20.7. The molecule has 0 saturated carbocycles. The maximum absolute atomic E-state index is 14.4. The third-order valence-corrected chi connectivity index (χ3v) is 8.08. The molecule has 1 aromatic carbocycles. The van der Waals surface area contributed by atoms with Crippen molar-refractivity contribution in [1.82, 2.24) is 9.80 Å². The Balaban J connectivity index is 1.68. The number of amides is 3. The minimum Gasteiger partial charge on any atom is -0.394 e. The second kappa shape index (κ2) is 8.60. The number of benzene rings is 1. The number of anilines is 1. The molecule has 5 rings (SSSR count). The van der Waals surface area contributed by atoms with Crippen LogP contribution in [0, 0.1) is 25.7 Å². The van der Waals surface area contributed by atoms with E-state index in [2.05, 4.69) is 0 Å². The first-order valence-corrected chi connectivity index (χ1v) is 12.3. The van der Waals surface area contributed by atoms with Crippen LogP contribution < -0.4 is 4.90 Å². The summed E-state index contributed by atoms with van der Waals surface area (Å²) < 4.78 is 6.60. The molecular weight excluding hydrogens is 446 g/mol. The number of hydrogen-bond donors (Lipinski definition) is 1. The van der Waals surface area contributed by atoms with Gasteiger partial charge in [0.25, 0.3) is 5.91 Å². The second-order valence-electron chi connectivity index (χ2n) is 10.1. The number of nitrogens with zero attached hydrogens (tertiary/aromatic N) is 3. The lowest BCUT2D eigenvalue weighted by Gasteiger charge is -2.38. The lowest BCUT2D eigenvalue weighted by Crippen LogP contribution is -2.58. The van der Waals surface area contributed by atoms with E-state index in [9.17, 15) is 19.5 Å². The number of aliphatic hydroxyl groups is 1. The molecule has 1 spiro atoms. The average molecular weight is 480 g/mol. The van der Waals surface area contributed by atoms with Crippen molar-refractivity contribution in [3.05, 3.63) is 53.6 Å². The van der Waals surface area contributed by atoms with Crippen molar-refractivity contribution in [3.8, 4) is 0 Å². The molecule has 8 nitrogen and oxygen atoms in total. The van der Waals surface area contributed by atoms with Gasteiger partial charge in [0.05, 0.1) is 30.6 Å². The monoisotopic (exact) mass is 479 g/mol. The molecule has 35 heavy (non-hydrogen) atoms. The van der Waals surface area contributed by atoms with Crippen LogP contribution in [0.4, 0.5) is 5.69 Å². The van der Waals surface area contributed by atoms with Gasteiger partial charge in [-0.25, -0.2) is 0 Å². The maximum Gasteiger partial charge on any atom is 0.253 e. The Morgan fingerprint density at radius 1 is 1.09 bits per heavy atom. The minimum atomic E-state index is -1.28. The molecule has 6 atom stereocenters. The molecule has 1 N–H and O–H groups in total. The molecule has 0 bridgehead atoms. The Morgan fingerprint density at radius 3 is 2.46 bits per heavy atom. The molecule has 3 amide bonds. The van der Waals surface area contributed by atoms with Crippen molar-refractivity contribution in [3.63, 3.8) is 0 Å². The Labute approximate surface area is 205 Å². The predicted octanol–water partition coefficient (Wildman–Crippen LogP) is 1.59. The van der Waals surface area contributed by atoms with E-state index < -0.39 is 35.6 Å². The molecule has 4 heterocycles. The quantitative estimate of drug-likeness (QED) is 0.663. The number of hydrogen-bond acceptors (Lipinski definition) is 5. The second-order valence-corrected chi connectivity index (χ2v) is 10.1. The molecule has 0 radical (unpaired) electrons. The van der Waals surface area contributed by atoms with Crippen LogP contribution in [0.3, 0.4) is 0 Å². The van der Waals surface area contributed by atoms with E-state index in [1.807, 2.05) is 63.3 Å². The van der Waals surface area contributed by atoms with E-state index in [1.165, 1.54) is 4.90 Å². The molecule has 186 valence electrons. The van der Waals surface area contributed by atoms with E-state index in [4.69, 9.17) is 4.74 Å². The number of likely N-dealkylation sites (N-methyl/N-ethyl adjacent to an activating group) is 1. The summed E-state index contributed by atoms with van der Waals surface area (Å²) in [5.74, 6) is -2.28. The van der Waals surface area contributed by atoms with E-state index in [0.717, 1.165) is 16.8 Å². The number of likely N-dealkylation sites (tertiary alicyclic amines) is 1. The van der Waals surface area contributed by atoms with Gasteiger partial charge in [-0.15, -0.1) is 0 Å². The summed E-state index contributed by atoms with van der Waals surface area (Å²) >= 11 is 0. The van der Waals surface area contributed by atoms with Crippen molar-refractivity contribution in [2.45, 2.75) is 51.0 Å². The van der Waals surface area contributed by atoms with Gasteiger partial charge in [0.15, 0.2) is 0 Å². The molecule has 1 aromatic rings. The largest absolute Gasteiger partial charge is 0.394 e. The number of ether oxygens (including phenoxy) is 1. The number of para-hydroxylation sites is 1. The highest BCUT2D eigenvalue weighted by Gasteiger charge is 2.72. The van der Waals surface area contributed by atoms with Crippen LogP contribution in [0.5, 0.6) is 0 Å². The average Bonchev–Trinajstić information content (AvgIpc) is 3.16. The van der Waals surface area contributed by atoms with Gasteiger partial charge >= 0.3 is 0 Å². The zero-order valence-corrected chi connectivity index (χ0v) is 20.7. The van der Waals surface area contributed by atoms with Crippen molar-refractivity contribution < 1.29 is 24.2 Å². The number of rotatable bonds is 4. The minimum absolute atomic E-state index is 0.162. The molecule has 8 heteroatoms. The van der Waals surface area contributed by atoms with Crippen molar-refractivity contribution in [2.24, 2.45) is 11.8 Å². The maximum atomic E-state index is 14.4. The van der Waals surface area contributed by atoms with E-state index >= 15 is 0 Å². The first-order chi connectivity index (χ1) is 16.8. The predicted molar refractivity (Wildman–Crippen MR) is 131 cm³/mol. The van der Waals surface area contributed by atoms with Crippen LogP contribution in [0.1, 0.15) is 24.5 Å². The summed E-state index contributed by atoms with van der Waals surface area (Å²) in [7, 11) is 1.72. The molecule has 2 saturated heterocycles. The summed E-state index contributed by atoms with van der Waals surface area (Å²) in [6, 6.07) is 4.35. The smallest absolute Gasteiger partial charge is 0.253 e. The Bertz CT molecular complexity index is 1110. The highest BCUT2D eigenvalue weighted by molar-refractivity contribution is 6.06. The first-order valence-electron chi connectivity index (χ1n) is 12.3. The fourth-order valence-corrected chi connectivity index (χ4v) is 6.44. The number of aliphatic hydroxyl groups excluding tert-OH is 1. The lowest BCUT2D eigenvalue weighted by atomic mass is 9.77. The van der Waals surface area contributed by atoms with Crippen LogP contribution in [0.25, 0.3) is 0 Å². The topological polar surface area (TPSA) is 90.4 Å². The Kier molecular flexibility index (Phi) is 5.84. The van der Waals surface area contributed by atoms with Crippen molar-refractivity contribution >= 4 is 23.4 Å². The lowest BCUT2D eigenvalue weighted by molar-refractivity contribution is -0.146. The first kappa shape index (κ1) is 23.8. The number of fused-ring (bicyclic) bond motifs is 2. The van der Waals surface area contributed by atoms with Crippen LogP contribution in [0.2, 0.25) is 0 Å². The Hall–Kier alpha value is -2.97. The molecule has 4 aliphatic heterocycles. The SMILES string of the molecule is CC[C@@H](CO)N1C(=O)[C@@H]2[C@H]3C(=O)N(C)CC=C[C@H]3O[C@@]23C=CCN(c2c(C)cccc2C)C(=O)C13. The summed E-state index contributed by atoms with van der Waals surface area (Å²) in [5, 5.41) is 10.2. The van der Waals surface area contributed by atoms with Gasteiger partial charge in [0, 0.05) is 25.8 Å². The van der Waals surface area contributed by atoms with Gasteiger partial charge in [-0.05, 0) is 31.4 Å². The van der Waals surface area contributed by atoms with Crippen LogP contribution in [0.15, 0.2) is 42.5 Å². The van der Waals surface area contributed by atoms with Crippen molar-refractivity contribution in [1.29, 1.82) is 0 Å². The molecule has 2 fully saturated rings. The van der Waals surface area contributed by atoms with Gasteiger partial charge in [-0.3, -0.25) is 14.4 Å². The number of carbonyl (C=O) groups is 3. The fourth-order valence-electron chi connectivity index (χ4n) is 6.44. The summed E-state index contributed by atoms with van der Waals surface area (Å²) in [6.45, 7) is 6.31. The Morgan fingerprint density at radius 2 is 1.80 bits per heavy atom. The van der Waals surface area contributed by atoms with Gasteiger partial charge in [0.2, 0.25) is 11.8 Å². The number of aryl methyl sites for hydroxylation is 2. The standard InChI is InChI=1S/C27H33N3O5/c1-5-18(15-31)30-23-26(34)29(22-16(2)9-6-10-17(22)3)14-8-12-27(23)21(25(30)33)20-19(35-27)11-7-13-28(4)24(20)32/h6-12,18-21,23,31H,5,13-15H2,1-4H3/t18-,19+,20-,21-,23?,27-/m0/s1. The van der Waals surface area contributed by atoms with Crippen LogP contribution in [-0.2, 0) is 19.1 Å². The number of carbonyl (C=O) groups excluding carboxylic acids is 3. The summed E-state index contributed by atoms with van der Waals surface area (Å²) in [5.41, 5.74) is 1.45. The molecular formula is C27H33N3O5. The molecule has 0 aromatic heterocycles. The molecule has 0 aliphatic carbocycles.